The van der Waals surface area contributed by atoms with Gasteiger partial charge in [-0.25, -0.2) is 9.67 Å². The van der Waals surface area contributed by atoms with Crippen LogP contribution in [0.25, 0.3) is 5.69 Å². The first-order chi connectivity index (χ1) is 14.3. The van der Waals surface area contributed by atoms with Crippen LogP contribution in [-0.2, 0) is 6.54 Å². The number of ketones is 1. The van der Waals surface area contributed by atoms with Crippen LogP contribution in [0.4, 0.5) is 0 Å². The van der Waals surface area contributed by atoms with Crippen molar-refractivity contribution in [2.24, 2.45) is 5.73 Å². The average Bonchev–Trinajstić information content (AvgIpc) is 3.15. The maximum Gasteiger partial charge on any atom is 0.288 e. The predicted molar refractivity (Wildman–Crippen MR) is 116 cm³/mol. The number of carbonyl (C=O) groups is 2. The van der Waals surface area contributed by atoms with E-state index in [1.54, 1.807) is 42.5 Å². The van der Waals surface area contributed by atoms with Gasteiger partial charge in [-0.1, -0.05) is 49.2 Å². The van der Waals surface area contributed by atoms with Gasteiger partial charge in [-0.3, -0.25) is 14.5 Å². The van der Waals surface area contributed by atoms with Crippen molar-refractivity contribution in [1.29, 1.82) is 0 Å². The van der Waals surface area contributed by atoms with E-state index >= 15 is 0 Å². The Balaban J connectivity index is 2.18. The van der Waals surface area contributed by atoms with Gasteiger partial charge >= 0.3 is 0 Å². The molecule has 1 amide bonds. The van der Waals surface area contributed by atoms with Crippen LogP contribution in [0.2, 0.25) is 10.0 Å². The molecule has 0 fully saturated rings. The van der Waals surface area contributed by atoms with Gasteiger partial charge in [0, 0.05) is 16.1 Å². The second kappa shape index (κ2) is 9.38. The summed E-state index contributed by atoms with van der Waals surface area (Å²) in [6.45, 7) is 6.03. The molecule has 3 rings (SSSR count). The lowest BCUT2D eigenvalue weighted by Gasteiger charge is -2.18. The van der Waals surface area contributed by atoms with Crippen molar-refractivity contribution in [2.75, 3.05) is 13.1 Å². The van der Waals surface area contributed by atoms with Crippen LogP contribution in [-0.4, -0.2) is 44.4 Å². The van der Waals surface area contributed by atoms with Crippen molar-refractivity contribution in [1.82, 2.24) is 19.7 Å². The molecule has 2 N–H and O–H groups in total. The van der Waals surface area contributed by atoms with E-state index in [1.165, 1.54) is 4.68 Å². The predicted octanol–water partition coefficient (Wildman–Crippen LogP) is 3.75. The van der Waals surface area contributed by atoms with Crippen molar-refractivity contribution >= 4 is 34.9 Å². The van der Waals surface area contributed by atoms with E-state index < -0.39 is 5.91 Å². The van der Waals surface area contributed by atoms with E-state index in [4.69, 9.17) is 28.9 Å². The Morgan fingerprint density at radius 2 is 1.77 bits per heavy atom. The lowest BCUT2D eigenvalue weighted by Crippen LogP contribution is -2.24. The minimum atomic E-state index is -0.748. The molecule has 7 nitrogen and oxygen atoms in total. The maximum atomic E-state index is 13.3. The van der Waals surface area contributed by atoms with Crippen LogP contribution in [0.5, 0.6) is 0 Å². The molecule has 0 atom stereocenters. The molecule has 0 saturated heterocycles. The molecule has 0 radical (unpaired) electrons. The monoisotopic (exact) mass is 445 g/mol. The van der Waals surface area contributed by atoms with Crippen LogP contribution in [0.3, 0.4) is 0 Å². The first-order valence-electron chi connectivity index (χ1n) is 9.42. The van der Waals surface area contributed by atoms with Crippen molar-refractivity contribution < 1.29 is 9.59 Å². The highest BCUT2D eigenvalue weighted by Gasteiger charge is 2.23. The molecule has 0 saturated carbocycles. The Labute approximate surface area is 184 Å². The zero-order valence-electron chi connectivity index (χ0n) is 16.6. The summed E-state index contributed by atoms with van der Waals surface area (Å²) in [6.07, 6.45) is 0. The highest BCUT2D eigenvalue weighted by atomic mass is 35.5. The molecule has 1 aromatic heterocycles. The third-order valence-electron chi connectivity index (χ3n) is 4.70. The van der Waals surface area contributed by atoms with Gasteiger partial charge in [-0.05, 0) is 43.4 Å². The van der Waals surface area contributed by atoms with Crippen molar-refractivity contribution in [3.05, 3.63) is 75.3 Å². The van der Waals surface area contributed by atoms with Crippen LogP contribution in [0.1, 0.15) is 46.2 Å². The third-order valence-corrected chi connectivity index (χ3v) is 5.27. The third kappa shape index (κ3) is 4.53. The van der Waals surface area contributed by atoms with Gasteiger partial charge < -0.3 is 5.73 Å². The first-order valence-corrected chi connectivity index (χ1v) is 10.2. The molecule has 0 unspecified atom stereocenters. The Kier molecular flexibility index (Phi) is 6.87. The van der Waals surface area contributed by atoms with Crippen molar-refractivity contribution in [3.8, 4) is 5.69 Å². The van der Waals surface area contributed by atoms with Gasteiger partial charge in [-0.15, -0.1) is 5.10 Å². The standard InChI is InChI=1S/C21H21Cl2N5O2/c1-3-27(4-2)12-18-25-21(20(24)30)26-28(18)17-10-9-13(22)11-15(17)19(29)14-7-5-6-8-16(14)23/h5-11H,3-4,12H2,1-2H3,(H2,24,30). The number of primary amides is 1. The maximum absolute atomic E-state index is 13.3. The summed E-state index contributed by atoms with van der Waals surface area (Å²) >= 11 is 12.4. The van der Waals surface area contributed by atoms with E-state index in [-0.39, 0.29) is 17.2 Å². The molecule has 1 heterocycles. The smallest absolute Gasteiger partial charge is 0.288 e. The molecule has 0 aliphatic rings. The normalized spacial score (nSPS) is 11.1. The molecule has 9 heteroatoms. The molecular formula is C21H21Cl2N5O2. The van der Waals surface area contributed by atoms with Crippen molar-refractivity contribution in [3.63, 3.8) is 0 Å². The molecule has 2 aromatic carbocycles. The zero-order valence-corrected chi connectivity index (χ0v) is 18.1. The van der Waals surface area contributed by atoms with Gasteiger partial charge in [0.25, 0.3) is 5.91 Å². The van der Waals surface area contributed by atoms with E-state index in [9.17, 15) is 9.59 Å². The van der Waals surface area contributed by atoms with Gasteiger partial charge in [-0.2, -0.15) is 0 Å². The fourth-order valence-corrected chi connectivity index (χ4v) is 3.45. The summed E-state index contributed by atoms with van der Waals surface area (Å²) in [5, 5.41) is 4.98. The first kappa shape index (κ1) is 22.0. The van der Waals surface area contributed by atoms with Gasteiger partial charge in [0.1, 0.15) is 5.82 Å². The number of hydrogen-bond donors (Lipinski definition) is 1. The number of halogens is 2. The fraction of sp³-hybridized carbons (Fsp3) is 0.238. The highest BCUT2D eigenvalue weighted by Crippen LogP contribution is 2.26. The Bertz CT molecular complexity index is 1090. The SMILES string of the molecule is CCN(CC)Cc1nc(C(N)=O)nn1-c1ccc(Cl)cc1C(=O)c1ccccc1Cl. The molecule has 0 aliphatic carbocycles. The topological polar surface area (TPSA) is 94.1 Å². The summed E-state index contributed by atoms with van der Waals surface area (Å²) in [5.74, 6) is -0.697. The van der Waals surface area contributed by atoms with Crippen LogP contribution in [0, 0.1) is 0 Å². The molecule has 3 aromatic rings. The van der Waals surface area contributed by atoms with Crippen LogP contribution < -0.4 is 5.73 Å². The fourth-order valence-electron chi connectivity index (χ4n) is 3.06. The van der Waals surface area contributed by atoms with E-state index in [0.29, 0.717) is 33.7 Å². The number of carbonyl (C=O) groups excluding carboxylic acids is 2. The Hall–Kier alpha value is -2.74. The quantitative estimate of drug-likeness (QED) is 0.532. The van der Waals surface area contributed by atoms with E-state index in [1.807, 2.05) is 13.8 Å². The lowest BCUT2D eigenvalue weighted by atomic mass is 10.0. The molecular weight excluding hydrogens is 425 g/mol. The molecule has 0 spiro atoms. The lowest BCUT2D eigenvalue weighted by molar-refractivity contribution is 0.0989. The second-order valence-corrected chi connectivity index (χ2v) is 7.40. The average molecular weight is 446 g/mol. The number of benzene rings is 2. The summed E-state index contributed by atoms with van der Waals surface area (Å²) in [7, 11) is 0. The molecule has 0 aliphatic heterocycles. The summed E-state index contributed by atoms with van der Waals surface area (Å²) in [6, 6.07) is 11.6. The highest BCUT2D eigenvalue weighted by molar-refractivity contribution is 6.35. The summed E-state index contributed by atoms with van der Waals surface area (Å²) in [5.41, 5.74) is 6.47. The second-order valence-electron chi connectivity index (χ2n) is 6.56. The minimum absolute atomic E-state index is 0.122. The molecule has 156 valence electrons. The van der Waals surface area contributed by atoms with Crippen molar-refractivity contribution in [2.45, 2.75) is 20.4 Å². The number of amides is 1. The molecule has 0 bridgehead atoms. The van der Waals surface area contributed by atoms with Gasteiger partial charge in [0.15, 0.2) is 5.78 Å². The Morgan fingerprint density at radius 3 is 2.40 bits per heavy atom. The number of nitrogens with two attached hydrogens (primary N) is 1. The van der Waals surface area contributed by atoms with Gasteiger partial charge in [0.05, 0.1) is 17.3 Å². The minimum Gasteiger partial charge on any atom is -0.363 e. The van der Waals surface area contributed by atoms with E-state index in [2.05, 4.69) is 15.0 Å². The summed E-state index contributed by atoms with van der Waals surface area (Å²) in [4.78, 5) is 31.4. The van der Waals surface area contributed by atoms with Crippen LogP contribution in [0.15, 0.2) is 42.5 Å². The van der Waals surface area contributed by atoms with Crippen LogP contribution >= 0.6 is 23.2 Å². The van der Waals surface area contributed by atoms with E-state index in [0.717, 1.165) is 13.1 Å². The largest absolute Gasteiger partial charge is 0.363 e. The Morgan fingerprint density at radius 1 is 1.07 bits per heavy atom. The number of nitrogens with zero attached hydrogens (tertiary/aromatic N) is 4. The molecule has 30 heavy (non-hydrogen) atoms. The number of hydrogen-bond acceptors (Lipinski definition) is 5. The van der Waals surface area contributed by atoms with Gasteiger partial charge in [0.2, 0.25) is 5.82 Å². The zero-order chi connectivity index (χ0) is 21.8. The number of rotatable bonds is 8. The summed E-state index contributed by atoms with van der Waals surface area (Å²) < 4.78 is 1.47. The number of aromatic nitrogens is 3.